The number of nitrogen functional groups attached to an aromatic ring is 1. The highest BCUT2D eigenvalue weighted by molar-refractivity contribution is 6.16. The summed E-state index contributed by atoms with van der Waals surface area (Å²) in [7, 11) is 0. The van der Waals surface area contributed by atoms with E-state index >= 15 is 0 Å². The highest BCUT2D eigenvalue weighted by Gasteiger charge is 2.14. The largest absolute Gasteiger partial charge is 0.398 e. The summed E-state index contributed by atoms with van der Waals surface area (Å²) in [5, 5.41) is 10.6. The summed E-state index contributed by atoms with van der Waals surface area (Å²) in [6, 6.07) is 37.8. The predicted molar refractivity (Wildman–Crippen MR) is 143 cm³/mol. The van der Waals surface area contributed by atoms with Crippen LogP contribution in [0.2, 0.25) is 0 Å². The number of nitrogens with two attached hydrogens (primary N) is 2. The first kappa shape index (κ1) is 21.2. The number of aliphatic imine (C=N–C) groups is 1. The Bertz CT molecular complexity index is 1520. The lowest BCUT2D eigenvalue weighted by atomic mass is 9.91. The molecule has 0 saturated heterocycles. The first-order chi connectivity index (χ1) is 16.6. The number of amidine groups is 2. The second-order valence-corrected chi connectivity index (χ2v) is 8.09. The fourth-order valence-corrected chi connectivity index (χ4v) is 4.21. The van der Waals surface area contributed by atoms with E-state index in [0.29, 0.717) is 5.84 Å². The molecular weight excluding hydrogens is 416 g/mol. The molecule has 0 unspecified atom stereocenters. The molecule has 0 aromatic heterocycles. The van der Waals surface area contributed by atoms with Crippen molar-refractivity contribution in [1.82, 2.24) is 0 Å². The maximum Gasteiger partial charge on any atom is 0.154 e. The smallest absolute Gasteiger partial charge is 0.154 e. The zero-order valence-electron chi connectivity index (χ0n) is 18.6. The van der Waals surface area contributed by atoms with Gasteiger partial charge in [-0.2, -0.15) is 0 Å². The first-order valence-corrected chi connectivity index (χ1v) is 11.1. The van der Waals surface area contributed by atoms with Gasteiger partial charge in [-0.15, -0.1) is 0 Å². The fourth-order valence-electron chi connectivity index (χ4n) is 4.21. The van der Waals surface area contributed by atoms with E-state index in [1.54, 1.807) is 0 Å². The molecule has 5 aromatic carbocycles. The number of benzene rings is 5. The number of para-hydroxylation sites is 1. The normalized spacial score (nSPS) is 11.5. The average molecular weight is 441 g/mol. The second-order valence-electron chi connectivity index (χ2n) is 8.09. The molecule has 0 saturated carbocycles. The topological polar surface area (TPSA) is 88.2 Å². The van der Waals surface area contributed by atoms with Crippen molar-refractivity contribution < 1.29 is 0 Å². The van der Waals surface area contributed by atoms with E-state index in [4.69, 9.17) is 16.9 Å². The Morgan fingerprint density at radius 2 is 1.29 bits per heavy atom. The van der Waals surface area contributed by atoms with E-state index in [-0.39, 0.29) is 5.84 Å². The standard InChI is InChI=1S/C30H24N4/c31-27-13-7-6-11-24(27)21-14-16-22(17-15-21)28-25-12-5-4-8-20(25)18-19-26(28)30(33)34-29(32)23-9-2-1-3-10-23/h1-19H,31H2,(H3,32,33,34). The Morgan fingerprint density at radius 1 is 0.647 bits per heavy atom. The molecule has 4 nitrogen and oxygen atoms in total. The lowest BCUT2D eigenvalue weighted by Crippen LogP contribution is -2.17. The van der Waals surface area contributed by atoms with Crippen molar-refractivity contribution in [3.63, 3.8) is 0 Å². The third-order valence-electron chi connectivity index (χ3n) is 5.93. The van der Waals surface area contributed by atoms with E-state index in [2.05, 4.69) is 41.4 Å². The van der Waals surface area contributed by atoms with Gasteiger partial charge in [0, 0.05) is 27.9 Å². The van der Waals surface area contributed by atoms with Crippen molar-refractivity contribution in [3.8, 4) is 22.3 Å². The summed E-state index contributed by atoms with van der Waals surface area (Å²) >= 11 is 0. The van der Waals surface area contributed by atoms with Crippen molar-refractivity contribution in [1.29, 1.82) is 5.41 Å². The number of nitrogens with one attached hydrogen (secondary N) is 1. The van der Waals surface area contributed by atoms with Crippen LogP contribution in [0.3, 0.4) is 0 Å². The summed E-state index contributed by atoms with van der Waals surface area (Å²) in [5.74, 6) is 0.443. The zero-order valence-corrected chi connectivity index (χ0v) is 18.6. The van der Waals surface area contributed by atoms with E-state index < -0.39 is 0 Å². The van der Waals surface area contributed by atoms with Crippen molar-refractivity contribution >= 4 is 28.1 Å². The molecule has 0 heterocycles. The van der Waals surface area contributed by atoms with Crippen molar-refractivity contribution in [2.45, 2.75) is 0 Å². The number of fused-ring (bicyclic) bond motifs is 1. The third kappa shape index (κ3) is 4.05. The van der Waals surface area contributed by atoms with Gasteiger partial charge in [-0.25, -0.2) is 4.99 Å². The summed E-state index contributed by atoms with van der Waals surface area (Å²) in [6.45, 7) is 0. The summed E-state index contributed by atoms with van der Waals surface area (Å²) in [6.07, 6.45) is 0. The van der Waals surface area contributed by atoms with Gasteiger partial charge in [0.1, 0.15) is 5.84 Å². The van der Waals surface area contributed by atoms with Crippen molar-refractivity contribution in [2.75, 3.05) is 5.73 Å². The molecule has 0 radical (unpaired) electrons. The summed E-state index contributed by atoms with van der Waals surface area (Å²) in [5.41, 5.74) is 19.0. The molecule has 0 amide bonds. The van der Waals surface area contributed by atoms with Crippen LogP contribution in [0.5, 0.6) is 0 Å². The molecule has 0 aliphatic carbocycles. The van der Waals surface area contributed by atoms with Gasteiger partial charge < -0.3 is 11.5 Å². The quantitative estimate of drug-likeness (QED) is 0.169. The maximum atomic E-state index is 8.41. The van der Waals surface area contributed by atoms with Crippen LogP contribution in [0.15, 0.2) is 120 Å². The second kappa shape index (κ2) is 9.04. The Labute approximate surface area is 198 Å². The highest BCUT2D eigenvalue weighted by Crippen LogP contribution is 2.34. The van der Waals surface area contributed by atoms with Crippen LogP contribution in [0.1, 0.15) is 11.1 Å². The monoisotopic (exact) mass is 440 g/mol. The van der Waals surface area contributed by atoms with Crippen molar-refractivity contribution in [2.24, 2.45) is 10.7 Å². The van der Waals surface area contributed by atoms with Gasteiger partial charge in [0.15, 0.2) is 5.84 Å². The van der Waals surface area contributed by atoms with Gasteiger partial charge in [-0.3, -0.25) is 5.41 Å². The highest BCUT2D eigenvalue weighted by atomic mass is 14.9. The van der Waals surface area contributed by atoms with E-state index in [0.717, 1.165) is 49.8 Å². The van der Waals surface area contributed by atoms with Crippen LogP contribution in [-0.4, -0.2) is 11.7 Å². The van der Waals surface area contributed by atoms with Gasteiger partial charge in [0.25, 0.3) is 0 Å². The molecule has 164 valence electrons. The lowest BCUT2D eigenvalue weighted by molar-refractivity contribution is 1.40. The van der Waals surface area contributed by atoms with Gasteiger partial charge in [0.05, 0.1) is 0 Å². The van der Waals surface area contributed by atoms with Crippen LogP contribution in [0.4, 0.5) is 5.69 Å². The van der Waals surface area contributed by atoms with Gasteiger partial charge >= 0.3 is 0 Å². The van der Waals surface area contributed by atoms with Gasteiger partial charge in [-0.05, 0) is 28.0 Å². The maximum absolute atomic E-state index is 8.41. The Kier molecular flexibility index (Phi) is 5.63. The molecule has 5 rings (SSSR count). The number of hydrogen-bond acceptors (Lipinski definition) is 2. The Morgan fingerprint density at radius 3 is 2.06 bits per heavy atom. The molecule has 0 fully saturated rings. The van der Waals surface area contributed by atoms with Crippen LogP contribution >= 0.6 is 0 Å². The number of rotatable bonds is 4. The molecule has 4 heteroatoms. The number of nitrogens with zero attached hydrogens (tertiary/aromatic N) is 1. The molecular formula is C30H24N4. The predicted octanol–water partition coefficient (Wildman–Crippen LogP) is 6.49. The molecule has 0 spiro atoms. The van der Waals surface area contributed by atoms with E-state index in [1.807, 2.05) is 78.9 Å². The minimum atomic E-state index is 0.132. The fraction of sp³-hybridized carbons (Fsp3) is 0. The minimum absolute atomic E-state index is 0.132. The third-order valence-corrected chi connectivity index (χ3v) is 5.93. The van der Waals surface area contributed by atoms with Crippen molar-refractivity contribution in [3.05, 3.63) is 126 Å². The SMILES string of the molecule is N=C(/N=C(\N)c1ccc2ccccc2c1-c1ccc(-c2ccccc2N)cc1)c1ccccc1. The van der Waals surface area contributed by atoms with E-state index in [9.17, 15) is 0 Å². The molecule has 0 atom stereocenters. The Balaban J connectivity index is 1.63. The molecule has 0 aliphatic heterocycles. The van der Waals surface area contributed by atoms with Crippen LogP contribution in [0.25, 0.3) is 33.0 Å². The minimum Gasteiger partial charge on any atom is -0.398 e. The van der Waals surface area contributed by atoms with Gasteiger partial charge in [0.2, 0.25) is 0 Å². The summed E-state index contributed by atoms with van der Waals surface area (Å²) < 4.78 is 0. The molecule has 5 aromatic rings. The molecule has 0 aliphatic rings. The molecule has 0 bridgehead atoms. The van der Waals surface area contributed by atoms with Crippen LogP contribution in [0, 0.1) is 5.41 Å². The Hall–Kier alpha value is -4.70. The number of hydrogen-bond donors (Lipinski definition) is 3. The molecule has 5 N–H and O–H groups in total. The summed E-state index contributed by atoms with van der Waals surface area (Å²) in [4.78, 5) is 4.45. The van der Waals surface area contributed by atoms with Gasteiger partial charge in [-0.1, -0.05) is 109 Å². The molecule has 34 heavy (non-hydrogen) atoms. The van der Waals surface area contributed by atoms with E-state index in [1.165, 1.54) is 0 Å². The zero-order chi connectivity index (χ0) is 23.5. The first-order valence-electron chi connectivity index (χ1n) is 11.1. The number of anilines is 1. The van der Waals surface area contributed by atoms with Crippen LogP contribution in [-0.2, 0) is 0 Å². The van der Waals surface area contributed by atoms with Crippen LogP contribution < -0.4 is 11.5 Å². The average Bonchev–Trinajstić information content (AvgIpc) is 2.89. The lowest BCUT2D eigenvalue weighted by Gasteiger charge is -2.15.